The van der Waals surface area contributed by atoms with Gasteiger partial charge in [-0.1, -0.05) is 35.5 Å². The van der Waals surface area contributed by atoms with Crippen molar-refractivity contribution in [2.75, 3.05) is 0 Å². The van der Waals surface area contributed by atoms with E-state index in [1.807, 2.05) is 37.3 Å². The minimum Gasteiger partial charge on any atom is -0.386 e. The van der Waals surface area contributed by atoms with E-state index in [0.717, 1.165) is 17.6 Å². The molecule has 3 nitrogen and oxygen atoms in total. The Labute approximate surface area is 82.4 Å². The SMILES string of the molecule is CC1=NO[C@H](c2ccccc2)[C@H]1C=O. The fourth-order valence-electron chi connectivity index (χ4n) is 1.57. The summed E-state index contributed by atoms with van der Waals surface area (Å²) >= 11 is 0. The molecule has 1 aromatic carbocycles. The molecule has 14 heavy (non-hydrogen) atoms. The molecule has 0 saturated heterocycles. The highest BCUT2D eigenvalue weighted by molar-refractivity contribution is 5.97. The van der Waals surface area contributed by atoms with Crippen LogP contribution < -0.4 is 0 Å². The molecule has 0 fully saturated rings. The zero-order valence-corrected chi connectivity index (χ0v) is 7.88. The van der Waals surface area contributed by atoms with Crippen LogP contribution in [0.5, 0.6) is 0 Å². The molecule has 0 bridgehead atoms. The number of benzene rings is 1. The third kappa shape index (κ3) is 1.41. The van der Waals surface area contributed by atoms with E-state index >= 15 is 0 Å². The second-order valence-corrected chi connectivity index (χ2v) is 3.33. The topological polar surface area (TPSA) is 38.7 Å². The van der Waals surface area contributed by atoms with Gasteiger partial charge in [-0.2, -0.15) is 0 Å². The van der Waals surface area contributed by atoms with Gasteiger partial charge in [0.2, 0.25) is 0 Å². The van der Waals surface area contributed by atoms with Crippen molar-refractivity contribution in [2.45, 2.75) is 13.0 Å². The van der Waals surface area contributed by atoms with E-state index in [1.165, 1.54) is 0 Å². The summed E-state index contributed by atoms with van der Waals surface area (Å²) in [5, 5.41) is 3.83. The monoisotopic (exact) mass is 189 g/mol. The fraction of sp³-hybridized carbons (Fsp3) is 0.273. The van der Waals surface area contributed by atoms with Crippen LogP contribution in [0.1, 0.15) is 18.6 Å². The van der Waals surface area contributed by atoms with Crippen molar-refractivity contribution in [1.82, 2.24) is 0 Å². The summed E-state index contributed by atoms with van der Waals surface area (Å²) in [6.45, 7) is 1.81. The molecule has 0 radical (unpaired) electrons. The van der Waals surface area contributed by atoms with E-state index in [1.54, 1.807) is 0 Å². The normalized spacial score (nSPS) is 25.4. The Morgan fingerprint density at radius 1 is 1.36 bits per heavy atom. The quantitative estimate of drug-likeness (QED) is 0.667. The Bertz CT molecular complexity index is 359. The maximum atomic E-state index is 10.8. The minimum absolute atomic E-state index is 0.239. The van der Waals surface area contributed by atoms with Gasteiger partial charge in [0.15, 0.2) is 6.10 Å². The van der Waals surface area contributed by atoms with Gasteiger partial charge < -0.3 is 9.63 Å². The Morgan fingerprint density at radius 2 is 2.07 bits per heavy atom. The third-order valence-corrected chi connectivity index (χ3v) is 2.39. The molecule has 0 aromatic heterocycles. The molecular formula is C11H11NO2. The van der Waals surface area contributed by atoms with Crippen LogP contribution in [0, 0.1) is 5.92 Å². The second kappa shape index (κ2) is 3.62. The first kappa shape index (κ1) is 8.94. The maximum Gasteiger partial charge on any atom is 0.167 e. The van der Waals surface area contributed by atoms with Crippen LogP contribution in [0.25, 0.3) is 0 Å². The summed E-state index contributed by atoms with van der Waals surface area (Å²) in [5.41, 5.74) is 1.74. The number of oxime groups is 1. The van der Waals surface area contributed by atoms with Gasteiger partial charge in [0.05, 0.1) is 11.6 Å². The lowest BCUT2D eigenvalue weighted by atomic mass is 9.94. The summed E-state index contributed by atoms with van der Waals surface area (Å²) in [6.07, 6.45) is 0.650. The summed E-state index contributed by atoms with van der Waals surface area (Å²) in [5.74, 6) is -0.239. The predicted molar refractivity (Wildman–Crippen MR) is 52.9 cm³/mol. The number of nitrogens with zero attached hydrogens (tertiary/aromatic N) is 1. The number of hydrogen-bond donors (Lipinski definition) is 0. The molecule has 0 aliphatic carbocycles. The van der Waals surface area contributed by atoms with Gasteiger partial charge in [-0.05, 0) is 12.5 Å². The molecule has 0 unspecified atom stereocenters. The van der Waals surface area contributed by atoms with Crippen LogP contribution in [-0.4, -0.2) is 12.0 Å². The van der Waals surface area contributed by atoms with Gasteiger partial charge in [-0.15, -0.1) is 0 Å². The third-order valence-electron chi connectivity index (χ3n) is 2.39. The molecule has 2 rings (SSSR count). The number of aldehydes is 1. The first-order chi connectivity index (χ1) is 6.83. The molecule has 1 heterocycles. The summed E-state index contributed by atoms with van der Waals surface area (Å²) < 4.78 is 0. The zero-order valence-electron chi connectivity index (χ0n) is 7.88. The molecule has 1 aliphatic rings. The molecule has 2 atom stereocenters. The first-order valence-corrected chi connectivity index (χ1v) is 4.53. The average molecular weight is 189 g/mol. The highest BCUT2D eigenvalue weighted by Gasteiger charge is 2.32. The van der Waals surface area contributed by atoms with E-state index in [-0.39, 0.29) is 12.0 Å². The van der Waals surface area contributed by atoms with Crippen molar-refractivity contribution in [3.63, 3.8) is 0 Å². The molecule has 0 saturated carbocycles. The lowest BCUT2D eigenvalue weighted by Crippen LogP contribution is -2.16. The van der Waals surface area contributed by atoms with E-state index in [0.29, 0.717) is 0 Å². The van der Waals surface area contributed by atoms with Crippen LogP contribution in [0.4, 0.5) is 0 Å². The Balaban J connectivity index is 2.26. The van der Waals surface area contributed by atoms with E-state index in [4.69, 9.17) is 4.84 Å². The van der Waals surface area contributed by atoms with Gasteiger partial charge in [-0.25, -0.2) is 0 Å². The first-order valence-electron chi connectivity index (χ1n) is 4.53. The van der Waals surface area contributed by atoms with E-state index in [9.17, 15) is 4.79 Å². The number of carbonyl (C=O) groups excluding carboxylic acids is 1. The highest BCUT2D eigenvalue weighted by Crippen LogP contribution is 2.31. The summed E-state index contributed by atoms with van der Waals surface area (Å²) in [4.78, 5) is 16.1. The Hall–Kier alpha value is -1.64. The molecule has 1 aromatic rings. The van der Waals surface area contributed by atoms with Gasteiger partial charge >= 0.3 is 0 Å². The smallest absolute Gasteiger partial charge is 0.167 e. The largest absolute Gasteiger partial charge is 0.386 e. The van der Waals surface area contributed by atoms with E-state index in [2.05, 4.69) is 5.16 Å². The maximum absolute atomic E-state index is 10.8. The molecule has 3 heteroatoms. The number of rotatable bonds is 2. The van der Waals surface area contributed by atoms with Crippen molar-refractivity contribution >= 4 is 12.0 Å². The molecule has 72 valence electrons. The molecular weight excluding hydrogens is 178 g/mol. The molecule has 0 spiro atoms. The predicted octanol–water partition coefficient (Wildman–Crippen LogP) is 1.95. The van der Waals surface area contributed by atoms with Crippen LogP contribution in [0.15, 0.2) is 35.5 Å². The lowest BCUT2D eigenvalue weighted by Gasteiger charge is -2.12. The summed E-state index contributed by atoms with van der Waals surface area (Å²) in [6, 6.07) is 9.66. The van der Waals surface area contributed by atoms with Crippen LogP contribution in [0.2, 0.25) is 0 Å². The highest BCUT2D eigenvalue weighted by atomic mass is 16.6. The molecule has 1 aliphatic heterocycles. The zero-order chi connectivity index (χ0) is 9.97. The second-order valence-electron chi connectivity index (χ2n) is 3.33. The lowest BCUT2D eigenvalue weighted by molar-refractivity contribution is -0.112. The van der Waals surface area contributed by atoms with Gasteiger partial charge in [0.1, 0.15) is 6.29 Å². The molecule has 0 amide bonds. The molecule has 0 N–H and O–H groups in total. The van der Waals surface area contributed by atoms with Gasteiger partial charge in [-0.3, -0.25) is 0 Å². The van der Waals surface area contributed by atoms with Crippen molar-refractivity contribution in [3.8, 4) is 0 Å². The number of carbonyl (C=O) groups is 1. The summed E-state index contributed by atoms with van der Waals surface area (Å²) in [7, 11) is 0. The van der Waals surface area contributed by atoms with Gasteiger partial charge in [0.25, 0.3) is 0 Å². The number of hydrogen-bond acceptors (Lipinski definition) is 3. The van der Waals surface area contributed by atoms with Gasteiger partial charge in [0, 0.05) is 0 Å². The minimum atomic E-state index is -0.242. The fourth-order valence-corrected chi connectivity index (χ4v) is 1.57. The standard InChI is InChI=1S/C11H11NO2/c1-8-10(7-13)11(14-12-8)9-5-3-2-4-6-9/h2-7,10-11H,1H3/t10-,11+/m0/s1. The van der Waals surface area contributed by atoms with Crippen molar-refractivity contribution < 1.29 is 9.63 Å². The average Bonchev–Trinajstić information content (AvgIpc) is 2.61. The van der Waals surface area contributed by atoms with Crippen molar-refractivity contribution in [1.29, 1.82) is 0 Å². The van der Waals surface area contributed by atoms with Crippen molar-refractivity contribution in [2.24, 2.45) is 11.1 Å². The Morgan fingerprint density at radius 3 is 2.71 bits per heavy atom. The van der Waals surface area contributed by atoms with Crippen LogP contribution in [0.3, 0.4) is 0 Å². The Kier molecular flexibility index (Phi) is 2.31. The van der Waals surface area contributed by atoms with E-state index < -0.39 is 0 Å². The van der Waals surface area contributed by atoms with Crippen LogP contribution in [-0.2, 0) is 9.63 Å². The van der Waals surface area contributed by atoms with Crippen molar-refractivity contribution in [3.05, 3.63) is 35.9 Å². The van der Waals surface area contributed by atoms with Crippen LogP contribution >= 0.6 is 0 Å².